The third-order valence-corrected chi connectivity index (χ3v) is 5.56. The molecule has 1 atom stereocenters. The maximum absolute atomic E-state index is 12.8. The van der Waals surface area contributed by atoms with Crippen LogP contribution in [-0.4, -0.2) is 17.0 Å². The van der Waals surface area contributed by atoms with Crippen molar-refractivity contribution in [1.29, 1.82) is 0 Å². The molecule has 1 N–H and O–H groups in total. The van der Waals surface area contributed by atoms with Crippen molar-refractivity contribution in [2.75, 3.05) is 0 Å². The zero-order valence-corrected chi connectivity index (χ0v) is 16.7. The summed E-state index contributed by atoms with van der Waals surface area (Å²) in [7, 11) is 0. The zero-order chi connectivity index (χ0) is 21.7. The number of nitro groups is 1. The number of nitrogens with zero attached hydrogens (tertiary/aromatic N) is 2. The van der Waals surface area contributed by atoms with Crippen LogP contribution >= 0.6 is 0 Å². The lowest BCUT2D eigenvalue weighted by Gasteiger charge is -2.18. The van der Waals surface area contributed by atoms with E-state index in [1.165, 1.54) is 18.3 Å². The van der Waals surface area contributed by atoms with Crippen LogP contribution in [0.3, 0.4) is 0 Å². The van der Waals surface area contributed by atoms with Gasteiger partial charge in [-0.1, -0.05) is 78.9 Å². The molecule has 0 radical (unpaired) electrons. The Hall–Kier alpha value is -4.06. The van der Waals surface area contributed by atoms with Crippen molar-refractivity contribution in [3.8, 4) is 0 Å². The molecule has 0 aliphatic heterocycles. The molecule has 3 aromatic rings. The van der Waals surface area contributed by atoms with Gasteiger partial charge in [0.1, 0.15) is 0 Å². The number of amides is 1. The fourth-order valence-corrected chi connectivity index (χ4v) is 3.97. The Balaban J connectivity index is 1.43. The number of carbonyl (C=O) groups excluding carboxylic acids is 1. The van der Waals surface area contributed by atoms with Crippen molar-refractivity contribution < 1.29 is 9.72 Å². The van der Waals surface area contributed by atoms with Gasteiger partial charge in [-0.05, 0) is 29.2 Å². The highest BCUT2D eigenvalue weighted by molar-refractivity contribution is 5.87. The van der Waals surface area contributed by atoms with E-state index in [0.29, 0.717) is 5.56 Å². The minimum Gasteiger partial charge on any atom is -0.273 e. The van der Waals surface area contributed by atoms with Gasteiger partial charge < -0.3 is 0 Å². The van der Waals surface area contributed by atoms with Crippen LogP contribution in [0.1, 0.15) is 23.1 Å². The number of nitro benzene ring substituents is 1. The Kier molecular flexibility index (Phi) is 5.71. The fraction of sp³-hybridized carbons (Fsp3) is 0.120. The lowest BCUT2D eigenvalue weighted by molar-refractivity contribution is -0.384. The van der Waals surface area contributed by atoms with Crippen LogP contribution in [0.4, 0.5) is 5.69 Å². The van der Waals surface area contributed by atoms with Crippen LogP contribution in [0.2, 0.25) is 0 Å². The molecule has 6 heteroatoms. The van der Waals surface area contributed by atoms with Crippen LogP contribution < -0.4 is 5.43 Å². The summed E-state index contributed by atoms with van der Waals surface area (Å²) in [6.45, 7) is 0. The Morgan fingerprint density at radius 1 is 1.00 bits per heavy atom. The van der Waals surface area contributed by atoms with Crippen molar-refractivity contribution in [3.63, 3.8) is 0 Å². The minimum absolute atomic E-state index is 0.0271. The predicted molar refractivity (Wildman–Crippen MR) is 121 cm³/mol. The number of nitrogens with one attached hydrogen (secondary N) is 1. The topological polar surface area (TPSA) is 84.6 Å². The van der Waals surface area contributed by atoms with Gasteiger partial charge in [0, 0.05) is 23.8 Å². The van der Waals surface area contributed by atoms with Gasteiger partial charge in [0.2, 0.25) is 5.91 Å². The number of hydrogen-bond acceptors (Lipinski definition) is 4. The number of non-ortho nitro benzene ring substituents is 1. The second-order valence-corrected chi connectivity index (χ2v) is 7.43. The Bertz CT molecular complexity index is 1100. The third kappa shape index (κ3) is 4.28. The summed E-state index contributed by atoms with van der Waals surface area (Å²) in [6, 6.07) is 26.4. The van der Waals surface area contributed by atoms with Crippen LogP contribution in [0.5, 0.6) is 0 Å². The Labute approximate surface area is 180 Å². The highest BCUT2D eigenvalue weighted by Gasteiger charge is 2.60. The van der Waals surface area contributed by atoms with Crippen LogP contribution in [-0.2, 0) is 10.2 Å². The van der Waals surface area contributed by atoms with Crippen molar-refractivity contribution in [2.24, 2.45) is 11.0 Å². The van der Waals surface area contributed by atoms with E-state index in [9.17, 15) is 14.9 Å². The molecule has 1 unspecified atom stereocenters. The van der Waals surface area contributed by atoms with Gasteiger partial charge in [0.05, 0.1) is 10.8 Å². The number of carbonyl (C=O) groups is 1. The molecule has 1 fully saturated rings. The quantitative estimate of drug-likeness (QED) is 0.347. The number of rotatable bonds is 7. The first-order valence-electron chi connectivity index (χ1n) is 9.96. The zero-order valence-electron chi connectivity index (χ0n) is 16.7. The monoisotopic (exact) mass is 411 g/mol. The van der Waals surface area contributed by atoms with Gasteiger partial charge in [-0.2, -0.15) is 5.10 Å². The number of benzene rings is 3. The first-order chi connectivity index (χ1) is 15.1. The number of hydrazone groups is 1. The van der Waals surface area contributed by atoms with E-state index in [1.807, 2.05) is 36.4 Å². The SMILES string of the molecule is O=C(NN=CC=Cc1cccc([N+](=O)[O-])c1)C1CC1(c1ccccc1)c1ccccc1. The molecular weight excluding hydrogens is 390 g/mol. The van der Waals surface area contributed by atoms with Gasteiger partial charge in [0.15, 0.2) is 0 Å². The molecule has 3 aromatic carbocycles. The van der Waals surface area contributed by atoms with Gasteiger partial charge in [0.25, 0.3) is 5.69 Å². The molecule has 0 heterocycles. The van der Waals surface area contributed by atoms with Crippen molar-refractivity contribution in [3.05, 3.63) is 118 Å². The predicted octanol–water partition coefficient (Wildman–Crippen LogP) is 4.72. The molecule has 0 aromatic heterocycles. The Morgan fingerprint density at radius 2 is 1.65 bits per heavy atom. The van der Waals surface area contributed by atoms with E-state index < -0.39 is 4.92 Å². The normalized spacial score (nSPS) is 17.0. The van der Waals surface area contributed by atoms with E-state index in [-0.39, 0.29) is 22.9 Å². The molecule has 154 valence electrons. The van der Waals surface area contributed by atoms with Crippen LogP contribution in [0, 0.1) is 16.0 Å². The summed E-state index contributed by atoms with van der Waals surface area (Å²) >= 11 is 0. The maximum atomic E-state index is 12.8. The van der Waals surface area contributed by atoms with Gasteiger partial charge in [-0.3, -0.25) is 14.9 Å². The highest BCUT2D eigenvalue weighted by atomic mass is 16.6. The molecule has 1 saturated carbocycles. The molecule has 6 nitrogen and oxygen atoms in total. The lowest BCUT2D eigenvalue weighted by atomic mass is 9.85. The minimum atomic E-state index is -0.437. The van der Waals surface area contributed by atoms with E-state index in [1.54, 1.807) is 24.3 Å². The van der Waals surface area contributed by atoms with E-state index in [4.69, 9.17) is 0 Å². The van der Waals surface area contributed by atoms with E-state index in [0.717, 1.165) is 17.5 Å². The molecular formula is C25H21N3O3. The van der Waals surface area contributed by atoms with Gasteiger partial charge in [-0.25, -0.2) is 5.43 Å². The third-order valence-electron chi connectivity index (χ3n) is 5.56. The molecule has 0 bridgehead atoms. The molecule has 0 saturated heterocycles. The molecule has 4 rings (SSSR count). The van der Waals surface area contributed by atoms with Crippen LogP contribution in [0.25, 0.3) is 6.08 Å². The van der Waals surface area contributed by atoms with Crippen molar-refractivity contribution >= 4 is 23.9 Å². The molecule has 1 aliphatic rings. The average molecular weight is 411 g/mol. The average Bonchev–Trinajstić information content (AvgIpc) is 3.57. The van der Waals surface area contributed by atoms with Crippen molar-refractivity contribution in [1.82, 2.24) is 5.43 Å². The summed E-state index contributed by atoms with van der Waals surface area (Å²) in [4.78, 5) is 23.2. The van der Waals surface area contributed by atoms with Crippen molar-refractivity contribution in [2.45, 2.75) is 11.8 Å². The van der Waals surface area contributed by atoms with Gasteiger partial charge in [-0.15, -0.1) is 0 Å². The molecule has 1 amide bonds. The van der Waals surface area contributed by atoms with Crippen LogP contribution in [0.15, 0.2) is 96.1 Å². The molecule has 31 heavy (non-hydrogen) atoms. The standard InChI is InChI=1S/C25H21N3O3/c29-24(27-26-16-8-10-19-9-7-15-22(17-19)28(30)31)23-18-25(23,20-11-3-1-4-12-20)21-13-5-2-6-14-21/h1-17,23H,18H2,(H,27,29). The maximum Gasteiger partial charge on any atom is 0.270 e. The molecule has 0 spiro atoms. The number of allylic oxidation sites excluding steroid dienone is 1. The summed E-state index contributed by atoms with van der Waals surface area (Å²) in [5.74, 6) is -0.331. The smallest absolute Gasteiger partial charge is 0.270 e. The second kappa shape index (κ2) is 8.75. The van der Waals surface area contributed by atoms with Gasteiger partial charge >= 0.3 is 0 Å². The summed E-state index contributed by atoms with van der Waals surface area (Å²) in [5, 5.41) is 14.9. The van der Waals surface area contributed by atoms with E-state index in [2.05, 4.69) is 34.8 Å². The van der Waals surface area contributed by atoms with E-state index >= 15 is 0 Å². The highest BCUT2D eigenvalue weighted by Crippen LogP contribution is 2.58. The molecule has 1 aliphatic carbocycles. The first-order valence-corrected chi connectivity index (χ1v) is 9.96. The lowest BCUT2D eigenvalue weighted by Crippen LogP contribution is -2.25. The first kappa shape index (κ1) is 20.2. The largest absolute Gasteiger partial charge is 0.273 e. The Morgan fingerprint density at radius 3 is 2.26 bits per heavy atom. The summed E-state index contributed by atoms with van der Waals surface area (Å²) < 4.78 is 0. The number of hydrogen-bond donors (Lipinski definition) is 1. The second-order valence-electron chi connectivity index (χ2n) is 7.43. The fourth-order valence-electron chi connectivity index (χ4n) is 3.97. The summed E-state index contributed by atoms with van der Waals surface area (Å²) in [5.41, 5.74) is 5.24. The summed E-state index contributed by atoms with van der Waals surface area (Å²) in [6.07, 6.45) is 5.52.